The third-order valence-corrected chi connectivity index (χ3v) is 2.63. The third-order valence-electron chi connectivity index (χ3n) is 2.63. The standard InChI is InChI=1S/C11H18NO3/c1-9(13)5-2-3-8-12-10(14)6-4-7-11(12)15/h9H,2-8H2,1H3/q-1. The molecule has 0 N–H and O–H groups in total. The molecule has 2 amide bonds. The van der Waals surface area contributed by atoms with Crippen LogP contribution in [0, 0.1) is 0 Å². The van der Waals surface area contributed by atoms with Gasteiger partial charge < -0.3 is 5.11 Å². The summed E-state index contributed by atoms with van der Waals surface area (Å²) in [5.74, 6) is -0.108. The first-order chi connectivity index (χ1) is 7.11. The molecule has 1 unspecified atom stereocenters. The molecule has 86 valence electrons. The molecule has 1 atom stereocenters. The third kappa shape index (κ3) is 4.00. The number of unbranched alkanes of at least 4 members (excludes halogenated alkanes) is 1. The number of rotatable bonds is 5. The summed E-state index contributed by atoms with van der Waals surface area (Å²) in [5.41, 5.74) is 0. The smallest absolute Gasteiger partial charge is 0.229 e. The van der Waals surface area contributed by atoms with Crippen LogP contribution in [0.5, 0.6) is 0 Å². The van der Waals surface area contributed by atoms with Crippen LogP contribution in [0.25, 0.3) is 0 Å². The molecular formula is C11H18NO3-. The number of imide groups is 1. The van der Waals surface area contributed by atoms with Crippen LogP contribution in [-0.4, -0.2) is 29.4 Å². The van der Waals surface area contributed by atoms with Gasteiger partial charge in [0.15, 0.2) is 0 Å². The lowest BCUT2D eigenvalue weighted by atomic mass is 10.1. The zero-order valence-electron chi connectivity index (χ0n) is 9.20. The van der Waals surface area contributed by atoms with Gasteiger partial charge in [0.05, 0.1) is 0 Å². The second kappa shape index (κ2) is 5.85. The van der Waals surface area contributed by atoms with Crippen molar-refractivity contribution >= 4 is 11.8 Å². The van der Waals surface area contributed by atoms with Crippen LogP contribution < -0.4 is 5.11 Å². The summed E-state index contributed by atoms with van der Waals surface area (Å²) < 4.78 is 0. The van der Waals surface area contributed by atoms with Gasteiger partial charge in [0.1, 0.15) is 0 Å². The summed E-state index contributed by atoms with van der Waals surface area (Å²) >= 11 is 0. The van der Waals surface area contributed by atoms with E-state index in [0.29, 0.717) is 32.2 Å². The Morgan fingerprint density at radius 3 is 2.40 bits per heavy atom. The van der Waals surface area contributed by atoms with E-state index in [1.165, 1.54) is 4.90 Å². The minimum absolute atomic E-state index is 0.0542. The quantitative estimate of drug-likeness (QED) is 0.491. The van der Waals surface area contributed by atoms with Gasteiger partial charge in [-0.05, 0) is 12.8 Å². The van der Waals surface area contributed by atoms with Crippen molar-refractivity contribution in [1.29, 1.82) is 0 Å². The van der Waals surface area contributed by atoms with Crippen molar-refractivity contribution in [3.05, 3.63) is 0 Å². The highest BCUT2D eigenvalue weighted by molar-refractivity contribution is 5.97. The maximum atomic E-state index is 11.4. The van der Waals surface area contributed by atoms with Gasteiger partial charge in [-0.2, -0.15) is 0 Å². The molecule has 4 heteroatoms. The van der Waals surface area contributed by atoms with Crippen molar-refractivity contribution in [2.45, 2.75) is 51.6 Å². The van der Waals surface area contributed by atoms with Gasteiger partial charge in [0.25, 0.3) is 0 Å². The molecule has 4 nitrogen and oxygen atoms in total. The number of hydrogen-bond acceptors (Lipinski definition) is 3. The lowest BCUT2D eigenvalue weighted by Gasteiger charge is -2.25. The number of carbonyl (C=O) groups excluding carboxylic acids is 2. The summed E-state index contributed by atoms with van der Waals surface area (Å²) in [6, 6.07) is 0. The first kappa shape index (κ1) is 12.2. The Bertz CT molecular complexity index is 222. The minimum atomic E-state index is -0.544. The number of likely N-dealkylation sites (tertiary alicyclic amines) is 1. The molecule has 0 aliphatic carbocycles. The lowest BCUT2D eigenvalue weighted by molar-refractivity contribution is -0.415. The second-order valence-electron chi connectivity index (χ2n) is 4.10. The Morgan fingerprint density at radius 1 is 1.27 bits per heavy atom. The Kier molecular flexibility index (Phi) is 4.75. The number of amides is 2. The molecule has 0 bridgehead atoms. The van der Waals surface area contributed by atoms with Crippen LogP contribution in [0.1, 0.15) is 45.4 Å². The molecule has 0 aromatic heterocycles. The van der Waals surface area contributed by atoms with Crippen LogP contribution in [-0.2, 0) is 9.59 Å². The minimum Gasteiger partial charge on any atom is -0.852 e. The summed E-state index contributed by atoms with van der Waals surface area (Å²) in [7, 11) is 0. The van der Waals surface area contributed by atoms with E-state index < -0.39 is 6.10 Å². The topological polar surface area (TPSA) is 60.4 Å². The Hall–Kier alpha value is -0.900. The van der Waals surface area contributed by atoms with E-state index in [-0.39, 0.29) is 11.8 Å². The van der Waals surface area contributed by atoms with Gasteiger partial charge >= 0.3 is 0 Å². The maximum absolute atomic E-state index is 11.4. The molecule has 1 aliphatic rings. The molecule has 0 aromatic rings. The average molecular weight is 212 g/mol. The Morgan fingerprint density at radius 2 is 1.87 bits per heavy atom. The van der Waals surface area contributed by atoms with Crippen molar-refractivity contribution in [3.63, 3.8) is 0 Å². The maximum Gasteiger partial charge on any atom is 0.229 e. The second-order valence-corrected chi connectivity index (χ2v) is 4.10. The molecular weight excluding hydrogens is 194 g/mol. The van der Waals surface area contributed by atoms with Gasteiger partial charge in [0.2, 0.25) is 11.8 Å². The van der Waals surface area contributed by atoms with Crippen molar-refractivity contribution in [1.82, 2.24) is 4.90 Å². The number of carbonyl (C=O) groups is 2. The highest BCUT2D eigenvalue weighted by atomic mass is 16.3. The van der Waals surface area contributed by atoms with Gasteiger partial charge in [-0.3, -0.25) is 14.5 Å². The first-order valence-corrected chi connectivity index (χ1v) is 5.60. The van der Waals surface area contributed by atoms with Crippen molar-refractivity contribution in [2.75, 3.05) is 6.54 Å². The van der Waals surface area contributed by atoms with E-state index in [9.17, 15) is 14.7 Å². The Labute approximate surface area is 90.3 Å². The van der Waals surface area contributed by atoms with E-state index in [1.807, 2.05) is 0 Å². The zero-order chi connectivity index (χ0) is 11.3. The summed E-state index contributed by atoms with van der Waals surface area (Å²) in [4.78, 5) is 24.1. The van der Waals surface area contributed by atoms with Gasteiger partial charge in [-0.15, -0.1) is 6.10 Å². The molecule has 1 rings (SSSR count). The van der Waals surface area contributed by atoms with Crippen LogP contribution in [0.4, 0.5) is 0 Å². The molecule has 1 aliphatic heterocycles. The van der Waals surface area contributed by atoms with Crippen LogP contribution in [0.2, 0.25) is 0 Å². The van der Waals surface area contributed by atoms with Crippen molar-refractivity contribution in [2.24, 2.45) is 0 Å². The van der Waals surface area contributed by atoms with E-state index >= 15 is 0 Å². The summed E-state index contributed by atoms with van der Waals surface area (Å²) in [6.45, 7) is 2.13. The highest BCUT2D eigenvalue weighted by Gasteiger charge is 2.24. The van der Waals surface area contributed by atoms with Gasteiger partial charge in [0, 0.05) is 19.4 Å². The fraction of sp³-hybridized carbons (Fsp3) is 0.818. The average Bonchev–Trinajstić information content (AvgIpc) is 2.15. The van der Waals surface area contributed by atoms with Crippen LogP contribution in [0.3, 0.4) is 0 Å². The molecule has 0 saturated carbocycles. The van der Waals surface area contributed by atoms with E-state index in [4.69, 9.17) is 0 Å². The Balaban J connectivity index is 2.24. The van der Waals surface area contributed by atoms with Crippen LogP contribution in [0.15, 0.2) is 0 Å². The predicted octanol–water partition coefficient (Wildman–Crippen LogP) is 0.445. The summed E-state index contributed by atoms with van der Waals surface area (Å²) in [6.07, 6.45) is 3.29. The van der Waals surface area contributed by atoms with E-state index in [2.05, 4.69) is 0 Å². The normalized spacial score (nSPS) is 19.5. The van der Waals surface area contributed by atoms with E-state index in [0.717, 1.165) is 12.8 Å². The monoisotopic (exact) mass is 212 g/mol. The first-order valence-electron chi connectivity index (χ1n) is 5.60. The van der Waals surface area contributed by atoms with Crippen LogP contribution >= 0.6 is 0 Å². The number of piperidine rings is 1. The highest BCUT2D eigenvalue weighted by Crippen LogP contribution is 2.13. The van der Waals surface area contributed by atoms with Gasteiger partial charge in [-0.25, -0.2) is 0 Å². The molecule has 1 saturated heterocycles. The molecule has 0 radical (unpaired) electrons. The lowest BCUT2D eigenvalue weighted by Crippen LogP contribution is -2.40. The van der Waals surface area contributed by atoms with Crippen molar-refractivity contribution in [3.8, 4) is 0 Å². The predicted molar refractivity (Wildman–Crippen MR) is 53.9 cm³/mol. The fourth-order valence-electron chi connectivity index (χ4n) is 1.75. The SMILES string of the molecule is CC([O-])CCCCN1C(=O)CCCC1=O. The molecule has 0 aromatic carbocycles. The number of nitrogens with zero attached hydrogens (tertiary/aromatic N) is 1. The summed E-state index contributed by atoms with van der Waals surface area (Å²) in [5, 5.41) is 10.8. The molecule has 15 heavy (non-hydrogen) atoms. The van der Waals surface area contributed by atoms with Crippen molar-refractivity contribution < 1.29 is 14.7 Å². The fourth-order valence-corrected chi connectivity index (χ4v) is 1.75. The zero-order valence-corrected chi connectivity index (χ0v) is 9.20. The number of hydrogen-bond donors (Lipinski definition) is 0. The van der Waals surface area contributed by atoms with E-state index in [1.54, 1.807) is 6.92 Å². The molecule has 1 heterocycles. The molecule has 0 spiro atoms. The largest absolute Gasteiger partial charge is 0.852 e. The van der Waals surface area contributed by atoms with Gasteiger partial charge in [-0.1, -0.05) is 19.8 Å². The molecule has 1 fully saturated rings.